The van der Waals surface area contributed by atoms with Crippen LogP contribution in [0.2, 0.25) is 0 Å². The first-order chi connectivity index (χ1) is 9.57. The van der Waals surface area contributed by atoms with Crippen molar-refractivity contribution in [2.75, 3.05) is 32.8 Å². The molecule has 0 spiro atoms. The third kappa shape index (κ3) is 2.34. The molecule has 0 aromatic heterocycles. The summed E-state index contributed by atoms with van der Waals surface area (Å²) >= 11 is 0. The average molecular weight is 282 g/mol. The number of rotatable bonds is 4. The Bertz CT molecular complexity index is 471. The molecule has 3 nitrogen and oxygen atoms in total. The van der Waals surface area contributed by atoms with Crippen LogP contribution < -0.4 is 5.73 Å². The zero-order valence-corrected chi connectivity index (χ0v) is 11.4. The predicted molar refractivity (Wildman–Crippen MR) is 72.8 cm³/mol. The van der Waals surface area contributed by atoms with Crippen LogP contribution in [0.4, 0.5) is 8.78 Å². The quantitative estimate of drug-likeness (QED) is 0.914. The molecule has 1 aromatic rings. The van der Waals surface area contributed by atoms with Gasteiger partial charge in [-0.05, 0) is 11.1 Å². The van der Waals surface area contributed by atoms with Gasteiger partial charge >= 0.3 is 0 Å². The van der Waals surface area contributed by atoms with Gasteiger partial charge in [0.05, 0.1) is 18.6 Å². The van der Waals surface area contributed by atoms with E-state index in [9.17, 15) is 8.78 Å². The van der Waals surface area contributed by atoms with Crippen LogP contribution in [0, 0.1) is 0 Å². The van der Waals surface area contributed by atoms with Crippen LogP contribution in [-0.4, -0.2) is 43.7 Å². The maximum absolute atomic E-state index is 13.5. The third-order valence-corrected chi connectivity index (χ3v) is 4.46. The fraction of sp³-hybridized carbons (Fsp3) is 0.600. The van der Waals surface area contributed by atoms with Crippen molar-refractivity contribution in [3.05, 3.63) is 35.4 Å². The minimum absolute atomic E-state index is 0.00279. The largest absolute Gasteiger partial charge is 0.379 e. The Kier molecular flexibility index (Phi) is 3.52. The van der Waals surface area contributed by atoms with Gasteiger partial charge < -0.3 is 10.5 Å². The highest BCUT2D eigenvalue weighted by atomic mass is 19.3. The van der Waals surface area contributed by atoms with Gasteiger partial charge in [-0.3, -0.25) is 4.90 Å². The minimum atomic E-state index is -2.65. The van der Waals surface area contributed by atoms with Crippen LogP contribution in [0.5, 0.6) is 0 Å². The number of halogens is 2. The number of nitrogens with zero attached hydrogens (tertiary/aromatic N) is 1. The molecular formula is C15H20F2N2O. The summed E-state index contributed by atoms with van der Waals surface area (Å²) in [6.45, 7) is 4.22. The Balaban J connectivity index is 1.69. The summed E-state index contributed by atoms with van der Waals surface area (Å²) in [4.78, 5) is 2.31. The summed E-state index contributed by atoms with van der Waals surface area (Å²) in [6.07, 6.45) is -0.126. The molecule has 1 unspecified atom stereocenters. The SMILES string of the molecule is NCC1(c2ccc(CN3CCOCC3)cc2)CC1(F)F. The van der Waals surface area contributed by atoms with Crippen LogP contribution in [0.1, 0.15) is 17.5 Å². The van der Waals surface area contributed by atoms with E-state index in [-0.39, 0.29) is 13.0 Å². The second-order valence-electron chi connectivity index (χ2n) is 5.75. The highest BCUT2D eigenvalue weighted by Gasteiger charge is 2.70. The fourth-order valence-electron chi connectivity index (χ4n) is 2.93. The molecule has 2 N–H and O–H groups in total. The van der Waals surface area contributed by atoms with Gasteiger partial charge in [0.25, 0.3) is 5.92 Å². The number of morpholine rings is 1. The maximum Gasteiger partial charge on any atom is 0.260 e. The predicted octanol–water partition coefficient (Wildman–Crippen LogP) is 1.75. The van der Waals surface area contributed by atoms with E-state index in [1.54, 1.807) is 0 Å². The minimum Gasteiger partial charge on any atom is -0.379 e. The van der Waals surface area contributed by atoms with Gasteiger partial charge in [0.2, 0.25) is 0 Å². The van der Waals surface area contributed by atoms with E-state index >= 15 is 0 Å². The van der Waals surface area contributed by atoms with Crippen molar-refractivity contribution in [2.24, 2.45) is 5.73 Å². The van der Waals surface area contributed by atoms with Gasteiger partial charge in [-0.15, -0.1) is 0 Å². The van der Waals surface area contributed by atoms with E-state index in [1.807, 2.05) is 24.3 Å². The molecular weight excluding hydrogens is 262 g/mol. The molecule has 110 valence electrons. The first-order valence-electron chi connectivity index (χ1n) is 7.05. The van der Waals surface area contributed by atoms with Crippen LogP contribution in [-0.2, 0) is 16.7 Å². The Hall–Kier alpha value is -1.04. The van der Waals surface area contributed by atoms with Crippen molar-refractivity contribution >= 4 is 0 Å². The monoisotopic (exact) mass is 282 g/mol. The van der Waals surface area contributed by atoms with Crippen molar-refractivity contribution in [2.45, 2.75) is 24.3 Å². The number of alkyl halides is 2. The fourth-order valence-corrected chi connectivity index (χ4v) is 2.93. The van der Waals surface area contributed by atoms with E-state index in [1.165, 1.54) is 0 Å². The van der Waals surface area contributed by atoms with Gasteiger partial charge in [-0.1, -0.05) is 24.3 Å². The Morgan fingerprint density at radius 2 is 1.75 bits per heavy atom. The summed E-state index contributed by atoms with van der Waals surface area (Å²) in [6, 6.07) is 7.50. The highest BCUT2D eigenvalue weighted by Crippen LogP contribution is 2.60. The summed E-state index contributed by atoms with van der Waals surface area (Å²) in [5.74, 6) is -2.65. The van der Waals surface area contributed by atoms with Crippen LogP contribution >= 0.6 is 0 Å². The smallest absolute Gasteiger partial charge is 0.260 e. The second kappa shape index (κ2) is 5.06. The number of hydrogen-bond donors (Lipinski definition) is 1. The van der Waals surface area contributed by atoms with Crippen molar-refractivity contribution in [1.82, 2.24) is 4.90 Å². The zero-order valence-electron chi connectivity index (χ0n) is 11.4. The second-order valence-corrected chi connectivity index (χ2v) is 5.75. The number of hydrogen-bond acceptors (Lipinski definition) is 3. The van der Waals surface area contributed by atoms with Crippen molar-refractivity contribution in [3.63, 3.8) is 0 Å². The molecule has 3 rings (SSSR count). The standard InChI is InChI=1S/C15H20F2N2O/c16-15(17)10-14(15,11-18)13-3-1-12(2-4-13)9-19-5-7-20-8-6-19/h1-4H,5-11,18H2. The molecule has 1 aliphatic heterocycles. The molecule has 1 atom stereocenters. The lowest BCUT2D eigenvalue weighted by Gasteiger charge is -2.26. The van der Waals surface area contributed by atoms with E-state index < -0.39 is 11.3 Å². The summed E-state index contributed by atoms with van der Waals surface area (Å²) < 4.78 is 32.3. The van der Waals surface area contributed by atoms with Crippen LogP contribution in [0.25, 0.3) is 0 Å². The van der Waals surface area contributed by atoms with Crippen molar-refractivity contribution in [3.8, 4) is 0 Å². The molecule has 5 heteroatoms. The lowest BCUT2D eigenvalue weighted by Crippen LogP contribution is -2.35. The van der Waals surface area contributed by atoms with Crippen molar-refractivity contribution in [1.29, 1.82) is 0 Å². The number of ether oxygens (including phenoxy) is 1. The van der Waals surface area contributed by atoms with E-state index in [0.717, 1.165) is 38.4 Å². The Morgan fingerprint density at radius 1 is 1.15 bits per heavy atom. The molecule has 1 saturated heterocycles. The van der Waals surface area contributed by atoms with Gasteiger partial charge in [0.15, 0.2) is 0 Å². The molecule has 0 bridgehead atoms. The zero-order chi connectivity index (χ0) is 14.2. The van der Waals surface area contributed by atoms with Crippen LogP contribution in [0.3, 0.4) is 0 Å². The normalized spacial score (nSPS) is 29.4. The lowest BCUT2D eigenvalue weighted by atomic mass is 9.94. The molecule has 1 heterocycles. The topological polar surface area (TPSA) is 38.5 Å². The molecule has 1 aromatic carbocycles. The Labute approximate surface area is 117 Å². The first kappa shape index (κ1) is 13.9. The molecule has 0 radical (unpaired) electrons. The van der Waals surface area contributed by atoms with E-state index in [2.05, 4.69) is 4.90 Å². The molecule has 2 aliphatic rings. The molecule has 0 amide bonds. The Morgan fingerprint density at radius 3 is 2.25 bits per heavy atom. The van der Waals surface area contributed by atoms with E-state index in [4.69, 9.17) is 10.5 Å². The van der Waals surface area contributed by atoms with Gasteiger partial charge in [0.1, 0.15) is 0 Å². The molecule has 20 heavy (non-hydrogen) atoms. The lowest BCUT2D eigenvalue weighted by molar-refractivity contribution is 0.0342. The first-order valence-corrected chi connectivity index (χ1v) is 7.05. The summed E-state index contributed by atoms with van der Waals surface area (Å²) in [5, 5.41) is 0. The number of nitrogens with two attached hydrogens (primary N) is 1. The summed E-state index contributed by atoms with van der Waals surface area (Å²) in [5.41, 5.74) is 6.25. The highest BCUT2D eigenvalue weighted by molar-refractivity contribution is 5.39. The van der Waals surface area contributed by atoms with Crippen LogP contribution in [0.15, 0.2) is 24.3 Å². The summed E-state index contributed by atoms with van der Waals surface area (Å²) in [7, 11) is 0. The number of benzene rings is 1. The van der Waals surface area contributed by atoms with E-state index in [0.29, 0.717) is 5.56 Å². The maximum atomic E-state index is 13.5. The third-order valence-electron chi connectivity index (χ3n) is 4.46. The molecule has 1 aliphatic carbocycles. The van der Waals surface area contributed by atoms with Gasteiger partial charge in [-0.25, -0.2) is 8.78 Å². The molecule has 2 fully saturated rings. The van der Waals surface area contributed by atoms with Gasteiger partial charge in [-0.2, -0.15) is 0 Å². The molecule has 1 saturated carbocycles. The average Bonchev–Trinajstić information content (AvgIpc) is 3.04. The van der Waals surface area contributed by atoms with Crippen molar-refractivity contribution < 1.29 is 13.5 Å². The van der Waals surface area contributed by atoms with Gasteiger partial charge in [0, 0.05) is 32.6 Å².